The Hall–Kier alpha value is -0.550. The molecule has 1 unspecified atom stereocenters. The lowest BCUT2D eigenvalue weighted by molar-refractivity contribution is 0.0950. The van der Waals surface area contributed by atoms with Gasteiger partial charge in [0.25, 0.3) is 5.91 Å². The first-order valence-electron chi connectivity index (χ1n) is 4.91. The van der Waals surface area contributed by atoms with Crippen molar-refractivity contribution in [3.05, 3.63) is 28.2 Å². The van der Waals surface area contributed by atoms with Crippen LogP contribution >= 0.6 is 31.9 Å². The molecule has 1 rings (SSSR count). The van der Waals surface area contributed by atoms with Crippen molar-refractivity contribution >= 4 is 37.8 Å². The van der Waals surface area contributed by atoms with Gasteiger partial charge in [-0.05, 0) is 24.6 Å². The van der Waals surface area contributed by atoms with Gasteiger partial charge in [0.1, 0.15) is 5.75 Å². The van der Waals surface area contributed by atoms with E-state index in [2.05, 4.69) is 37.2 Å². The van der Waals surface area contributed by atoms with E-state index in [1.54, 1.807) is 12.1 Å². The minimum Gasteiger partial charge on any atom is -0.507 e. The molecule has 1 amide bonds. The molecule has 0 bridgehead atoms. The van der Waals surface area contributed by atoms with Gasteiger partial charge in [-0.2, -0.15) is 0 Å². The molecule has 1 aromatic carbocycles. The number of rotatable bonds is 4. The molecule has 16 heavy (non-hydrogen) atoms. The summed E-state index contributed by atoms with van der Waals surface area (Å²) in [6, 6.07) is 4.82. The Kier molecular flexibility index (Phi) is 5.28. The molecule has 3 nitrogen and oxygen atoms in total. The Morgan fingerprint density at radius 3 is 2.81 bits per heavy atom. The van der Waals surface area contributed by atoms with Gasteiger partial charge in [0, 0.05) is 15.8 Å². The minimum absolute atomic E-state index is 0.0150. The highest BCUT2D eigenvalue weighted by Gasteiger charge is 2.10. The first-order chi connectivity index (χ1) is 7.50. The van der Waals surface area contributed by atoms with E-state index in [-0.39, 0.29) is 11.7 Å². The van der Waals surface area contributed by atoms with Crippen LogP contribution in [0.1, 0.15) is 23.7 Å². The molecule has 5 heteroatoms. The van der Waals surface area contributed by atoms with E-state index in [4.69, 9.17) is 0 Å². The second kappa shape index (κ2) is 6.25. The number of benzene rings is 1. The van der Waals surface area contributed by atoms with E-state index in [9.17, 15) is 9.90 Å². The number of carbonyl (C=O) groups excluding carboxylic acids is 1. The smallest absolute Gasteiger partial charge is 0.255 e. The van der Waals surface area contributed by atoms with Crippen molar-refractivity contribution < 1.29 is 9.90 Å². The van der Waals surface area contributed by atoms with E-state index in [0.29, 0.717) is 16.9 Å². The third kappa shape index (κ3) is 4.14. The van der Waals surface area contributed by atoms with Crippen LogP contribution in [0.2, 0.25) is 0 Å². The molecule has 0 radical (unpaired) electrons. The van der Waals surface area contributed by atoms with Crippen molar-refractivity contribution in [3.63, 3.8) is 0 Å². The average molecular weight is 351 g/mol. The van der Waals surface area contributed by atoms with E-state index in [0.717, 1.165) is 10.9 Å². The summed E-state index contributed by atoms with van der Waals surface area (Å²) in [5.74, 6) is -0.267. The van der Waals surface area contributed by atoms with Crippen molar-refractivity contribution in [2.75, 3.05) is 6.54 Å². The maximum atomic E-state index is 11.7. The Morgan fingerprint density at radius 1 is 1.56 bits per heavy atom. The predicted octanol–water partition coefficient (Wildman–Crippen LogP) is 3.06. The van der Waals surface area contributed by atoms with Crippen LogP contribution in [0.5, 0.6) is 5.75 Å². The van der Waals surface area contributed by atoms with Crippen LogP contribution in [0.4, 0.5) is 0 Å². The zero-order valence-corrected chi connectivity index (χ0v) is 12.0. The number of hydrogen-bond donors (Lipinski definition) is 2. The van der Waals surface area contributed by atoms with Crippen LogP contribution < -0.4 is 5.32 Å². The molecule has 0 saturated carbocycles. The summed E-state index contributed by atoms with van der Waals surface area (Å²) in [6.45, 7) is 2.60. The summed E-state index contributed by atoms with van der Waals surface area (Å²) in [4.78, 5) is 12.0. The Labute approximate surface area is 111 Å². The predicted molar refractivity (Wildman–Crippen MR) is 71.1 cm³/mol. The van der Waals surface area contributed by atoms with Crippen molar-refractivity contribution in [2.24, 2.45) is 0 Å². The van der Waals surface area contributed by atoms with Gasteiger partial charge >= 0.3 is 0 Å². The van der Waals surface area contributed by atoms with Crippen LogP contribution in [0.25, 0.3) is 0 Å². The van der Waals surface area contributed by atoms with Gasteiger partial charge in [0.2, 0.25) is 0 Å². The Bertz CT molecular complexity index is 380. The molecule has 1 aromatic rings. The largest absolute Gasteiger partial charge is 0.507 e. The number of nitrogens with one attached hydrogen (secondary N) is 1. The van der Waals surface area contributed by atoms with Crippen molar-refractivity contribution in [1.82, 2.24) is 5.32 Å². The van der Waals surface area contributed by atoms with Gasteiger partial charge in [-0.25, -0.2) is 0 Å². The monoisotopic (exact) mass is 349 g/mol. The summed E-state index contributed by atoms with van der Waals surface area (Å²) >= 11 is 6.62. The molecular formula is C11H13Br2NO2. The highest BCUT2D eigenvalue weighted by Crippen LogP contribution is 2.22. The van der Waals surface area contributed by atoms with Gasteiger partial charge in [-0.1, -0.05) is 38.8 Å². The molecule has 0 aliphatic rings. The molecule has 2 N–H and O–H groups in total. The third-order valence-electron chi connectivity index (χ3n) is 2.03. The van der Waals surface area contributed by atoms with Gasteiger partial charge in [-0.15, -0.1) is 0 Å². The van der Waals surface area contributed by atoms with Crippen LogP contribution in [0.15, 0.2) is 22.7 Å². The molecule has 0 aliphatic heterocycles. The highest BCUT2D eigenvalue weighted by atomic mass is 79.9. The van der Waals surface area contributed by atoms with E-state index >= 15 is 0 Å². The van der Waals surface area contributed by atoms with Crippen LogP contribution in [0, 0.1) is 0 Å². The molecular weight excluding hydrogens is 338 g/mol. The second-order valence-corrected chi connectivity index (χ2v) is 5.97. The molecule has 0 aromatic heterocycles. The molecule has 88 valence electrons. The maximum absolute atomic E-state index is 11.7. The fraction of sp³-hybridized carbons (Fsp3) is 0.364. The first-order valence-corrected chi connectivity index (χ1v) is 6.62. The summed E-state index contributed by atoms with van der Waals surface area (Å²) in [5.41, 5.74) is 0.297. The van der Waals surface area contributed by atoms with Crippen LogP contribution in [0.3, 0.4) is 0 Å². The maximum Gasteiger partial charge on any atom is 0.255 e. The lowest BCUT2D eigenvalue weighted by atomic mass is 10.2. The summed E-state index contributed by atoms with van der Waals surface area (Å²) in [7, 11) is 0. The number of alkyl halides is 1. The van der Waals surface area contributed by atoms with Gasteiger partial charge in [0.15, 0.2) is 0 Å². The fourth-order valence-electron chi connectivity index (χ4n) is 1.18. The molecule has 0 saturated heterocycles. The number of aromatic hydroxyl groups is 1. The normalized spacial score (nSPS) is 12.2. The zero-order valence-electron chi connectivity index (χ0n) is 8.84. The number of halogens is 2. The molecule has 0 spiro atoms. The lowest BCUT2D eigenvalue weighted by Crippen LogP contribution is -2.25. The highest BCUT2D eigenvalue weighted by molar-refractivity contribution is 9.10. The minimum atomic E-state index is -0.252. The molecule has 0 aliphatic carbocycles. The molecule has 1 atom stereocenters. The topological polar surface area (TPSA) is 49.3 Å². The fourth-order valence-corrected chi connectivity index (χ4v) is 1.75. The van der Waals surface area contributed by atoms with Crippen molar-refractivity contribution in [2.45, 2.75) is 18.2 Å². The second-order valence-electron chi connectivity index (χ2n) is 3.49. The summed E-state index contributed by atoms with van der Waals surface area (Å²) in [6.07, 6.45) is 0.850. The third-order valence-corrected chi connectivity index (χ3v) is 2.98. The van der Waals surface area contributed by atoms with Crippen LogP contribution in [-0.2, 0) is 0 Å². The quantitative estimate of drug-likeness (QED) is 0.820. The van der Waals surface area contributed by atoms with E-state index in [1.807, 2.05) is 6.92 Å². The van der Waals surface area contributed by atoms with Crippen molar-refractivity contribution in [3.8, 4) is 5.75 Å². The lowest BCUT2D eigenvalue weighted by Gasteiger charge is -2.07. The van der Waals surface area contributed by atoms with Gasteiger partial charge in [-0.3, -0.25) is 4.79 Å². The SMILES string of the molecule is CC(Br)CCNC(=O)c1ccc(Br)cc1O. The standard InChI is InChI=1S/C11H13Br2NO2/c1-7(12)4-5-14-11(16)9-3-2-8(13)6-10(9)15/h2-3,6-7,15H,4-5H2,1H3,(H,14,16). The van der Waals surface area contributed by atoms with Gasteiger partial charge < -0.3 is 10.4 Å². The number of hydrogen-bond acceptors (Lipinski definition) is 2. The van der Waals surface area contributed by atoms with E-state index in [1.165, 1.54) is 6.07 Å². The first kappa shape index (κ1) is 13.5. The zero-order chi connectivity index (χ0) is 12.1. The van der Waals surface area contributed by atoms with Crippen LogP contribution in [-0.4, -0.2) is 22.4 Å². The Balaban J connectivity index is 2.59. The Morgan fingerprint density at radius 2 is 2.25 bits per heavy atom. The average Bonchev–Trinajstić information content (AvgIpc) is 2.16. The van der Waals surface area contributed by atoms with Crippen molar-refractivity contribution in [1.29, 1.82) is 0 Å². The number of carbonyl (C=O) groups is 1. The number of phenolic OH excluding ortho intramolecular Hbond substituents is 1. The number of amides is 1. The molecule has 0 heterocycles. The summed E-state index contributed by atoms with van der Waals surface area (Å²) < 4.78 is 0.746. The number of phenols is 1. The molecule has 0 fully saturated rings. The summed E-state index contributed by atoms with van der Waals surface area (Å²) in [5, 5.41) is 12.3. The van der Waals surface area contributed by atoms with Gasteiger partial charge in [0.05, 0.1) is 5.56 Å². The van der Waals surface area contributed by atoms with E-state index < -0.39 is 0 Å².